The summed E-state index contributed by atoms with van der Waals surface area (Å²) in [6.07, 6.45) is 10.5. The first-order chi connectivity index (χ1) is 8.82. The number of anilines is 1. The molecule has 1 aliphatic heterocycles. The van der Waals surface area contributed by atoms with E-state index in [0.717, 1.165) is 19.8 Å². The minimum atomic E-state index is 0.479. The zero-order chi connectivity index (χ0) is 12.4. The summed E-state index contributed by atoms with van der Waals surface area (Å²) in [5.74, 6) is 0. The largest absolute Gasteiger partial charge is 0.381 e. The van der Waals surface area contributed by atoms with Gasteiger partial charge in [0.1, 0.15) is 0 Å². The molecule has 3 rings (SSSR count). The van der Waals surface area contributed by atoms with E-state index in [0.29, 0.717) is 11.5 Å². The Morgan fingerprint density at radius 2 is 2.28 bits per heavy atom. The number of aromatic nitrogens is 2. The maximum absolute atomic E-state index is 5.53. The van der Waals surface area contributed by atoms with Gasteiger partial charge in [-0.2, -0.15) is 5.10 Å². The van der Waals surface area contributed by atoms with Crippen molar-refractivity contribution >= 4 is 5.69 Å². The molecule has 2 fully saturated rings. The Labute approximate surface area is 109 Å². The topological polar surface area (TPSA) is 39.1 Å². The highest BCUT2D eigenvalue weighted by molar-refractivity contribution is 5.40. The predicted octanol–water partition coefficient (Wildman–Crippen LogP) is 2.66. The van der Waals surface area contributed by atoms with E-state index < -0.39 is 0 Å². The molecule has 1 spiro atoms. The summed E-state index contributed by atoms with van der Waals surface area (Å²) in [5.41, 5.74) is 1.65. The smallest absolute Gasteiger partial charge is 0.0728 e. The van der Waals surface area contributed by atoms with Crippen LogP contribution in [0, 0.1) is 5.41 Å². The Balaban J connectivity index is 1.70. The number of ether oxygens (including phenoxy) is 1. The van der Waals surface area contributed by atoms with Gasteiger partial charge in [-0.1, -0.05) is 6.42 Å². The SMILES string of the molecule is CCn1cc(NC2CCCC23CCOCC3)cn1. The third kappa shape index (κ3) is 2.14. The summed E-state index contributed by atoms with van der Waals surface area (Å²) in [4.78, 5) is 0. The monoisotopic (exact) mass is 249 g/mol. The van der Waals surface area contributed by atoms with Crippen molar-refractivity contribution in [1.82, 2.24) is 9.78 Å². The van der Waals surface area contributed by atoms with Crippen LogP contribution in [0.25, 0.3) is 0 Å². The standard InChI is InChI=1S/C14H23N3O/c1-2-17-11-12(10-15-17)16-13-4-3-5-14(13)6-8-18-9-7-14/h10-11,13,16H,2-9H2,1H3. The van der Waals surface area contributed by atoms with Gasteiger partial charge in [-0.05, 0) is 38.0 Å². The van der Waals surface area contributed by atoms with Crippen LogP contribution in [-0.4, -0.2) is 29.0 Å². The van der Waals surface area contributed by atoms with Crippen LogP contribution in [0.2, 0.25) is 0 Å². The molecule has 0 bridgehead atoms. The van der Waals surface area contributed by atoms with Crippen molar-refractivity contribution in [2.75, 3.05) is 18.5 Å². The molecule has 1 unspecified atom stereocenters. The number of aryl methyl sites for hydroxylation is 1. The summed E-state index contributed by atoms with van der Waals surface area (Å²) >= 11 is 0. The van der Waals surface area contributed by atoms with Crippen molar-refractivity contribution in [1.29, 1.82) is 0 Å². The second-order valence-corrected chi connectivity index (χ2v) is 5.65. The first-order valence-electron chi connectivity index (χ1n) is 7.19. The molecular weight excluding hydrogens is 226 g/mol. The average Bonchev–Trinajstić information content (AvgIpc) is 3.00. The highest BCUT2D eigenvalue weighted by atomic mass is 16.5. The van der Waals surface area contributed by atoms with E-state index in [1.807, 2.05) is 10.9 Å². The molecule has 0 aromatic carbocycles. The lowest BCUT2D eigenvalue weighted by Crippen LogP contribution is -2.40. The van der Waals surface area contributed by atoms with Crippen molar-refractivity contribution < 1.29 is 4.74 Å². The van der Waals surface area contributed by atoms with Crippen LogP contribution in [0.1, 0.15) is 39.0 Å². The summed E-state index contributed by atoms with van der Waals surface area (Å²) in [6.45, 7) is 4.93. The van der Waals surface area contributed by atoms with E-state index in [-0.39, 0.29) is 0 Å². The number of rotatable bonds is 3. The summed E-state index contributed by atoms with van der Waals surface area (Å²) in [6, 6.07) is 0.607. The van der Waals surface area contributed by atoms with E-state index in [9.17, 15) is 0 Å². The molecule has 100 valence electrons. The van der Waals surface area contributed by atoms with Gasteiger partial charge in [0.05, 0.1) is 11.9 Å². The van der Waals surface area contributed by atoms with Crippen molar-refractivity contribution in [2.45, 2.75) is 51.6 Å². The van der Waals surface area contributed by atoms with Crippen molar-refractivity contribution in [3.63, 3.8) is 0 Å². The van der Waals surface area contributed by atoms with E-state index in [1.54, 1.807) is 0 Å². The first-order valence-corrected chi connectivity index (χ1v) is 7.19. The zero-order valence-electron chi connectivity index (χ0n) is 11.2. The second kappa shape index (κ2) is 4.92. The Bertz CT molecular complexity index is 395. The van der Waals surface area contributed by atoms with Crippen LogP contribution >= 0.6 is 0 Å². The van der Waals surface area contributed by atoms with Crippen LogP contribution in [-0.2, 0) is 11.3 Å². The lowest BCUT2D eigenvalue weighted by Gasteiger charge is -2.39. The Morgan fingerprint density at radius 3 is 3.00 bits per heavy atom. The van der Waals surface area contributed by atoms with Gasteiger partial charge >= 0.3 is 0 Å². The number of nitrogens with zero attached hydrogens (tertiary/aromatic N) is 2. The Kier molecular flexibility index (Phi) is 3.29. The average molecular weight is 249 g/mol. The van der Waals surface area contributed by atoms with Gasteiger partial charge in [-0.15, -0.1) is 0 Å². The molecule has 1 aliphatic carbocycles. The van der Waals surface area contributed by atoms with Gasteiger partial charge < -0.3 is 10.1 Å². The van der Waals surface area contributed by atoms with Crippen molar-refractivity contribution in [3.05, 3.63) is 12.4 Å². The molecule has 1 saturated heterocycles. The van der Waals surface area contributed by atoms with Gasteiger partial charge in [0.15, 0.2) is 0 Å². The predicted molar refractivity (Wildman–Crippen MR) is 71.6 cm³/mol. The van der Waals surface area contributed by atoms with Gasteiger partial charge in [-0.3, -0.25) is 4.68 Å². The third-order valence-corrected chi connectivity index (χ3v) is 4.69. The van der Waals surface area contributed by atoms with E-state index >= 15 is 0 Å². The molecular formula is C14H23N3O. The fourth-order valence-corrected chi connectivity index (χ4v) is 3.55. The summed E-state index contributed by atoms with van der Waals surface area (Å²) in [7, 11) is 0. The van der Waals surface area contributed by atoms with Gasteiger partial charge in [-0.25, -0.2) is 0 Å². The lowest BCUT2D eigenvalue weighted by molar-refractivity contribution is 0.0134. The zero-order valence-corrected chi connectivity index (χ0v) is 11.2. The van der Waals surface area contributed by atoms with Gasteiger partial charge in [0.25, 0.3) is 0 Å². The Morgan fingerprint density at radius 1 is 1.44 bits per heavy atom. The number of nitrogens with one attached hydrogen (secondary N) is 1. The van der Waals surface area contributed by atoms with Crippen LogP contribution in [0.3, 0.4) is 0 Å². The molecule has 18 heavy (non-hydrogen) atoms. The first kappa shape index (κ1) is 12.0. The normalized spacial score (nSPS) is 26.6. The molecule has 0 amide bonds. The molecule has 2 aliphatic rings. The van der Waals surface area contributed by atoms with Gasteiger partial charge in [0, 0.05) is 32.0 Å². The molecule has 4 heteroatoms. The molecule has 1 aromatic rings. The number of hydrogen-bond acceptors (Lipinski definition) is 3. The molecule has 1 N–H and O–H groups in total. The molecule has 1 saturated carbocycles. The quantitative estimate of drug-likeness (QED) is 0.895. The van der Waals surface area contributed by atoms with Crippen LogP contribution in [0.15, 0.2) is 12.4 Å². The molecule has 2 heterocycles. The van der Waals surface area contributed by atoms with Gasteiger partial charge in [0.2, 0.25) is 0 Å². The third-order valence-electron chi connectivity index (χ3n) is 4.69. The van der Waals surface area contributed by atoms with Crippen LogP contribution in [0.5, 0.6) is 0 Å². The fourth-order valence-electron chi connectivity index (χ4n) is 3.55. The van der Waals surface area contributed by atoms with E-state index in [1.165, 1.54) is 37.8 Å². The summed E-state index contributed by atoms with van der Waals surface area (Å²) in [5, 5.41) is 8.06. The number of hydrogen-bond donors (Lipinski definition) is 1. The fraction of sp³-hybridized carbons (Fsp3) is 0.786. The van der Waals surface area contributed by atoms with Crippen LogP contribution < -0.4 is 5.32 Å². The van der Waals surface area contributed by atoms with Crippen LogP contribution in [0.4, 0.5) is 5.69 Å². The van der Waals surface area contributed by atoms with E-state index in [2.05, 4.69) is 23.5 Å². The minimum absolute atomic E-state index is 0.479. The lowest BCUT2D eigenvalue weighted by atomic mass is 9.75. The molecule has 0 radical (unpaired) electrons. The Hall–Kier alpha value is -1.03. The highest BCUT2D eigenvalue weighted by Gasteiger charge is 2.43. The highest BCUT2D eigenvalue weighted by Crippen LogP contribution is 2.47. The van der Waals surface area contributed by atoms with E-state index in [4.69, 9.17) is 4.74 Å². The molecule has 4 nitrogen and oxygen atoms in total. The second-order valence-electron chi connectivity index (χ2n) is 5.65. The maximum atomic E-state index is 5.53. The van der Waals surface area contributed by atoms with Crippen molar-refractivity contribution in [2.24, 2.45) is 5.41 Å². The minimum Gasteiger partial charge on any atom is -0.381 e. The summed E-state index contributed by atoms with van der Waals surface area (Å²) < 4.78 is 7.51. The molecule has 1 aromatic heterocycles. The maximum Gasteiger partial charge on any atom is 0.0728 e. The molecule has 1 atom stereocenters. The van der Waals surface area contributed by atoms with Crippen molar-refractivity contribution in [3.8, 4) is 0 Å².